The summed E-state index contributed by atoms with van der Waals surface area (Å²) in [6, 6.07) is 10.6. The topological polar surface area (TPSA) is 38.8 Å². The van der Waals surface area contributed by atoms with Gasteiger partial charge in [-0.3, -0.25) is 0 Å². The van der Waals surface area contributed by atoms with E-state index in [4.69, 9.17) is 9.47 Å². The van der Waals surface area contributed by atoms with Crippen LogP contribution in [0.3, 0.4) is 0 Å². The highest BCUT2D eigenvalue weighted by Gasteiger charge is 2.54. The highest BCUT2D eigenvalue weighted by Crippen LogP contribution is 2.36. The molecule has 1 heterocycles. The second-order valence-corrected chi connectivity index (χ2v) is 6.04. The zero-order valence-corrected chi connectivity index (χ0v) is 13.1. The Morgan fingerprint density at radius 3 is 2.67 bits per heavy atom. The van der Waals surface area contributed by atoms with E-state index in [0.717, 1.165) is 19.3 Å². The van der Waals surface area contributed by atoms with E-state index in [0.29, 0.717) is 19.1 Å². The zero-order valence-electron chi connectivity index (χ0n) is 13.1. The maximum atomic E-state index is 11.8. The van der Waals surface area contributed by atoms with Gasteiger partial charge in [-0.05, 0) is 37.7 Å². The second-order valence-electron chi connectivity index (χ2n) is 6.04. The van der Waals surface area contributed by atoms with Crippen molar-refractivity contribution in [1.29, 1.82) is 0 Å². The Morgan fingerprint density at radius 2 is 2.05 bits per heavy atom. The van der Waals surface area contributed by atoms with Crippen molar-refractivity contribution in [3.05, 3.63) is 35.9 Å². The fourth-order valence-electron chi connectivity index (χ4n) is 2.80. The van der Waals surface area contributed by atoms with Crippen molar-refractivity contribution in [2.45, 2.75) is 51.6 Å². The van der Waals surface area contributed by atoms with Gasteiger partial charge >= 0.3 is 5.97 Å². The third kappa shape index (κ3) is 4.85. The van der Waals surface area contributed by atoms with Gasteiger partial charge in [-0.15, -0.1) is 0 Å². The number of carbonyl (C=O) groups excluding carboxylic acids is 1. The van der Waals surface area contributed by atoms with Crippen molar-refractivity contribution in [3.63, 3.8) is 0 Å². The minimum absolute atomic E-state index is 0.180. The summed E-state index contributed by atoms with van der Waals surface area (Å²) in [7, 11) is 0. The summed E-state index contributed by atoms with van der Waals surface area (Å²) >= 11 is 0. The predicted molar refractivity (Wildman–Crippen MR) is 83.1 cm³/mol. The van der Waals surface area contributed by atoms with Gasteiger partial charge in [0, 0.05) is 0 Å². The van der Waals surface area contributed by atoms with E-state index < -0.39 is 5.60 Å². The Hall–Kier alpha value is -1.35. The molecule has 2 rings (SSSR count). The van der Waals surface area contributed by atoms with Crippen molar-refractivity contribution in [2.75, 3.05) is 13.2 Å². The highest BCUT2D eigenvalue weighted by molar-refractivity contribution is 5.82. The standard InChI is InChI=1S/C18H26O3/c1-3-20-17(19)18(14-21-18)13-15(2)9-7-8-12-16-10-5-4-6-11-16/h4-6,10-11,15H,3,7-9,12-14H2,1-2H3. The average molecular weight is 290 g/mol. The largest absolute Gasteiger partial charge is 0.464 e. The smallest absolute Gasteiger partial charge is 0.340 e. The number of unbranched alkanes of at least 4 members (excludes halogenated alkanes) is 1. The van der Waals surface area contributed by atoms with Crippen LogP contribution in [0.15, 0.2) is 30.3 Å². The van der Waals surface area contributed by atoms with E-state index in [9.17, 15) is 4.79 Å². The molecule has 21 heavy (non-hydrogen) atoms. The third-order valence-corrected chi connectivity index (χ3v) is 4.07. The molecule has 1 fully saturated rings. The van der Waals surface area contributed by atoms with Crippen molar-refractivity contribution >= 4 is 5.97 Å². The lowest BCUT2D eigenvalue weighted by atomic mass is 9.91. The molecule has 116 valence electrons. The van der Waals surface area contributed by atoms with Gasteiger partial charge in [0.1, 0.15) is 0 Å². The maximum Gasteiger partial charge on any atom is 0.340 e. The number of epoxide rings is 1. The molecule has 0 N–H and O–H groups in total. The summed E-state index contributed by atoms with van der Waals surface area (Å²) in [5, 5.41) is 0. The molecule has 3 heteroatoms. The van der Waals surface area contributed by atoms with E-state index in [1.54, 1.807) is 0 Å². The fraction of sp³-hybridized carbons (Fsp3) is 0.611. The number of aryl methyl sites for hydroxylation is 1. The second kappa shape index (κ2) is 7.60. The Balaban J connectivity index is 1.64. The van der Waals surface area contributed by atoms with Crippen molar-refractivity contribution in [3.8, 4) is 0 Å². The summed E-state index contributed by atoms with van der Waals surface area (Å²) in [6.07, 6.45) is 5.44. The summed E-state index contributed by atoms with van der Waals surface area (Å²) in [4.78, 5) is 11.8. The molecule has 1 aliphatic rings. The van der Waals surface area contributed by atoms with Crippen LogP contribution in [0, 0.1) is 5.92 Å². The average Bonchev–Trinajstić information content (AvgIpc) is 3.26. The molecular weight excluding hydrogens is 264 g/mol. The summed E-state index contributed by atoms with van der Waals surface area (Å²) in [5.74, 6) is 0.314. The minimum atomic E-state index is -0.616. The van der Waals surface area contributed by atoms with Crippen LogP contribution in [-0.4, -0.2) is 24.8 Å². The first-order chi connectivity index (χ1) is 10.2. The Labute approximate surface area is 127 Å². The van der Waals surface area contributed by atoms with Crippen LogP contribution in [0.25, 0.3) is 0 Å². The summed E-state index contributed by atoms with van der Waals surface area (Å²) in [5.41, 5.74) is 0.785. The number of esters is 1. The van der Waals surface area contributed by atoms with Crippen LogP contribution >= 0.6 is 0 Å². The monoisotopic (exact) mass is 290 g/mol. The lowest BCUT2D eigenvalue weighted by Gasteiger charge is -2.16. The quantitative estimate of drug-likeness (QED) is 0.395. The van der Waals surface area contributed by atoms with Gasteiger partial charge in [-0.1, -0.05) is 50.1 Å². The van der Waals surface area contributed by atoms with Crippen LogP contribution in [0.2, 0.25) is 0 Å². The number of carbonyl (C=O) groups is 1. The Bertz CT molecular complexity index is 437. The molecule has 1 aromatic rings. The summed E-state index contributed by atoms with van der Waals surface area (Å²) in [6.45, 7) is 4.99. The molecule has 0 spiro atoms. The van der Waals surface area contributed by atoms with E-state index in [1.807, 2.05) is 6.92 Å². The molecule has 3 nitrogen and oxygen atoms in total. The lowest BCUT2D eigenvalue weighted by molar-refractivity contribution is -0.150. The van der Waals surface area contributed by atoms with Gasteiger partial charge in [-0.2, -0.15) is 0 Å². The van der Waals surface area contributed by atoms with Gasteiger partial charge in [0.2, 0.25) is 0 Å². The molecule has 1 aromatic carbocycles. The maximum absolute atomic E-state index is 11.8. The van der Waals surface area contributed by atoms with Gasteiger partial charge in [0.25, 0.3) is 0 Å². The molecule has 0 radical (unpaired) electrons. The zero-order chi connectivity index (χ0) is 15.1. The van der Waals surface area contributed by atoms with Gasteiger partial charge < -0.3 is 9.47 Å². The van der Waals surface area contributed by atoms with Crippen molar-refractivity contribution < 1.29 is 14.3 Å². The number of hydrogen-bond donors (Lipinski definition) is 0. The fourth-order valence-corrected chi connectivity index (χ4v) is 2.80. The van der Waals surface area contributed by atoms with Crippen molar-refractivity contribution in [1.82, 2.24) is 0 Å². The minimum Gasteiger partial charge on any atom is -0.464 e. The molecule has 0 bridgehead atoms. The normalized spacial score (nSPS) is 21.8. The van der Waals surface area contributed by atoms with Crippen LogP contribution < -0.4 is 0 Å². The first-order valence-electron chi connectivity index (χ1n) is 8.01. The van der Waals surface area contributed by atoms with Gasteiger partial charge in [0.05, 0.1) is 13.2 Å². The highest BCUT2D eigenvalue weighted by atomic mass is 16.6. The molecule has 2 atom stereocenters. The number of ether oxygens (including phenoxy) is 2. The number of rotatable bonds is 9. The Morgan fingerprint density at radius 1 is 1.33 bits per heavy atom. The van der Waals surface area contributed by atoms with E-state index in [2.05, 4.69) is 37.3 Å². The predicted octanol–water partition coefficient (Wildman–Crippen LogP) is 3.76. The molecule has 2 unspecified atom stereocenters. The molecule has 1 aliphatic heterocycles. The lowest BCUT2D eigenvalue weighted by Crippen LogP contribution is -2.29. The van der Waals surface area contributed by atoms with Crippen LogP contribution in [0.5, 0.6) is 0 Å². The SMILES string of the molecule is CCOC(=O)C1(CC(C)CCCCc2ccccc2)CO1. The molecule has 0 saturated carbocycles. The molecular formula is C18H26O3. The first-order valence-corrected chi connectivity index (χ1v) is 8.01. The summed E-state index contributed by atoms with van der Waals surface area (Å²) < 4.78 is 10.5. The van der Waals surface area contributed by atoms with E-state index in [-0.39, 0.29) is 5.97 Å². The van der Waals surface area contributed by atoms with Crippen molar-refractivity contribution in [2.24, 2.45) is 5.92 Å². The van der Waals surface area contributed by atoms with Crippen LogP contribution in [0.4, 0.5) is 0 Å². The third-order valence-electron chi connectivity index (χ3n) is 4.07. The molecule has 0 amide bonds. The molecule has 0 aliphatic carbocycles. The Kier molecular flexibility index (Phi) is 5.80. The van der Waals surface area contributed by atoms with E-state index >= 15 is 0 Å². The first kappa shape index (κ1) is 16.0. The molecule has 1 saturated heterocycles. The molecule has 0 aromatic heterocycles. The number of hydrogen-bond acceptors (Lipinski definition) is 3. The van der Waals surface area contributed by atoms with Gasteiger partial charge in [0.15, 0.2) is 5.60 Å². The number of benzene rings is 1. The van der Waals surface area contributed by atoms with Crippen LogP contribution in [0.1, 0.15) is 45.1 Å². The van der Waals surface area contributed by atoms with E-state index in [1.165, 1.54) is 18.4 Å². The van der Waals surface area contributed by atoms with Gasteiger partial charge in [-0.25, -0.2) is 4.79 Å². The van der Waals surface area contributed by atoms with Crippen LogP contribution in [-0.2, 0) is 20.7 Å².